The Morgan fingerprint density at radius 2 is 1.73 bits per heavy atom. The molecule has 0 bridgehead atoms. The molecule has 134 valence electrons. The predicted octanol–water partition coefficient (Wildman–Crippen LogP) is 0.615. The van der Waals surface area contributed by atoms with E-state index >= 15 is 0 Å². The van der Waals surface area contributed by atoms with Crippen LogP contribution in [0.2, 0.25) is 12.6 Å². The average Bonchev–Trinajstić information content (AvgIpc) is 2.35. The van der Waals surface area contributed by atoms with Gasteiger partial charge in [0.05, 0.1) is 18.4 Å². The van der Waals surface area contributed by atoms with E-state index in [0.29, 0.717) is 6.42 Å². The normalized spacial score (nSPS) is 17.6. The topological polar surface area (TPSA) is 105 Å². The highest BCUT2D eigenvalue weighted by Gasteiger charge is 2.45. The van der Waals surface area contributed by atoms with Crippen molar-refractivity contribution >= 4 is 8.32 Å². The monoisotopic (exact) mass is 335 g/mol. The quantitative estimate of drug-likeness (QED) is 0.326. The van der Waals surface area contributed by atoms with E-state index in [1.54, 1.807) is 0 Å². The summed E-state index contributed by atoms with van der Waals surface area (Å²) in [6.45, 7) is 14.3. The maximum Gasteiger partial charge on any atom is 0.212 e. The smallest absolute Gasteiger partial charge is 0.212 e. The lowest BCUT2D eigenvalue weighted by molar-refractivity contribution is 0.0769. The average molecular weight is 336 g/mol. The number of nitrogens with two attached hydrogens (primary N) is 2. The molecule has 0 aliphatic heterocycles. The zero-order valence-corrected chi connectivity index (χ0v) is 16.2. The Morgan fingerprint density at radius 3 is 2.09 bits per heavy atom. The molecule has 0 radical (unpaired) electrons. The number of rotatable bonds is 11. The Balaban J connectivity index is 4.73. The second kappa shape index (κ2) is 8.72. The molecule has 0 aromatic rings. The molecular weight excluding hydrogens is 298 g/mol. The molecule has 0 heterocycles. The highest BCUT2D eigenvalue weighted by molar-refractivity contribution is 6.75. The fraction of sp³-hybridized carbons (Fsp3) is 1.00. The summed E-state index contributed by atoms with van der Waals surface area (Å²) in [7, 11) is -2.23. The van der Waals surface area contributed by atoms with Crippen LogP contribution in [0.1, 0.15) is 41.0 Å². The number of hydrogen-bond donors (Lipinski definition) is 4. The molecule has 0 rings (SSSR count). The number of aliphatic hydroxyl groups excluding tert-OH is 2. The first-order chi connectivity index (χ1) is 9.84. The highest BCUT2D eigenvalue weighted by atomic mass is 28.4. The lowest BCUT2D eigenvalue weighted by atomic mass is 10.2. The first-order valence-electron chi connectivity index (χ1n) is 8.14. The first kappa shape index (κ1) is 22.0. The van der Waals surface area contributed by atoms with Gasteiger partial charge in [-0.2, -0.15) is 0 Å². The molecule has 7 heteroatoms. The van der Waals surface area contributed by atoms with Gasteiger partial charge in [0, 0.05) is 11.7 Å². The van der Waals surface area contributed by atoms with Crippen LogP contribution in [0.3, 0.4) is 0 Å². The van der Waals surface area contributed by atoms with Crippen LogP contribution >= 0.6 is 0 Å². The van der Waals surface area contributed by atoms with E-state index in [2.05, 4.69) is 18.4 Å². The summed E-state index contributed by atoms with van der Waals surface area (Å²) >= 11 is 0. The van der Waals surface area contributed by atoms with Gasteiger partial charge in [-0.25, -0.2) is 0 Å². The van der Waals surface area contributed by atoms with Crippen molar-refractivity contribution in [1.29, 1.82) is 0 Å². The summed E-state index contributed by atoms with van der Waals surface area (Å²) in [5.41, 5.74) is 11.7. The predicted molar refractivity (Wildman–Crippen MR) is 93.9 cm³/mol. The van der Waals surface area contributed by atoms with Gasteiger partial charge < -0.3 is 31.0 Å². The molecule has 0 aliphatic rings. The number of hydrogen-bond acceptors (Lipinski definition) is 6. The van der Waals surface area contributed by atoms with Crippen molar-refractivity contribution in [2.24, 2.45) is 11.5 Å². The molecule has 0 fully saturated rings. The van der Waals surface area contributed by atoms with Crippen molar-refractivity contribution in [3.05, 3.63) is 0 Å². The lowest BCUT2D eigenvalue weighted by Gasteiger charge is -2.44. The molecule has 2 atom stereocenters. The van der Waals surface area contributed by atoms with Crippen molar-refractivity contribution in [3.63, 3.8) is 0 Å². The van der Waals surface area contributed by atoms with Crippen molar-refractivity contribution in [2.45, 2.75) is 70.6 Å². The summed E-state index contributed by atoms with van der Waals surface area (Å²) in [4.78, 5) is 2.25. The Labute approximate surface area is 136 Å². The summed E-state index contributed by atoms with van der Waals surface area (Å²) in [5.74, 6) is 0. The summed E-state index contributed by atoms with van der Waals surface area (Å²) in [6, 6.07) is 0.875. The Hall–Kier alpha value is -0.0231. The maximum atomic E-state index is 9.48. The van der Waals surface area contributed by atoms with Gasteiger partial charge >= 0.3 is 0 Å². The molecule has 2 unspecified atom stereocenters. The number of nitrogens with zero attached hydrogens (tertiary/aromatic N) is 1. The zero-order valence-electron chi connectivity index (χ0n) is 15.2. The van der Waals surface area contributed by atoms with E-state index in [1.165, 1.54) is 0 Å². The second-order valence-electron chi connectivity index (χ2n) is 7.47. The van der Waals surface area contributed by atoms with E-state index in [9.17, 15) is 5.11 Å². The van der Waals surface area contributed by atoms with Gasteiger partial charge in [0.25, 0.3) is 0 Å². The third-order valence-electron chi connectivity index (χ3n) is 4.19. The molecule has 6 N–H and O–H groups in total. The molecule has 6 nitrogen and oxygen atoms in total. The first-order valence-corrected chi connectivity index (χ1v) is 10.8. The van der Waals surface area contributed by atoms with E-state index in [0.717, 1.165) is 25.7 Å². The third-order valence-corrected chi connectivity index (χ3v) is 9.07. The fourth-order valence-electron chi connectivity index (χ4n) is 2.31. The fourth-order valence-corrected chi connectivity index (χ4v) is 5.22. The van der Waals surface area contributed by atoms with Gasteiger partial charge in [0.2, 0.25) is 8.32 Å². The summed E-state index contributed by atoms with van der Waals surface area (Å²) < 4.78 is 6.21. The minimum Gasteiger partial charge on any atom is -0.398 e. The molecule has 0 saturated heterocycles. The van der Waals surface area contributed by atoms with Crippen LogP contribution in [0.25, 0.3) is 0 Å². The van der Waals surface area contributed by atoms with Gasteiger partial charge in [0.1, 0.15) is 0 Å². The SMILES string of the molecule is CCN(CCC(O)CO)CC[Si](C)(OC(C)(C)N)C(C)(C)N. The molecule has 0 aromatic heterocycles. The molecule has 22 heavy (non-hydrogen) atoms. The van der Waals surface area contributed by atoms with Crippen molar-refractivity contribution in [3.8, 4) is 0 Å². The van der Waals surface area contributed by atoms with Crippen LogP contribution in [0, 0.1) is 0 Å². The van der Waals surface area contributed by atoms with Crippen LogP contribution in [-0.2, 0) is 4.43 Å². The summed E-state index contributed by atoms with van der Waals surface area (Å²) in [5, 5.41) is 18.0. The molecular formula is C15H37N3O3Si. The van der Waals surface area contributed by atoms with E-state index in [4.69, 9.17) is 21.0 Å². The minimum atomic E-state index is -2.23. The minimum absolute atomic E-state index is 0.190. The molecule has 0 saturated carbocycles. The molecule has 0 aromatic carbocycles. The van der Waals surface area contributed by atoms with Crippen LogP contribution in [0.4, 0.5) is 0 Å². The largest absolute Gasteiger partial charge is 0.398 e. The third kappa shape index (κ3) is 8.01. The molecule has 0 aliphatic carbocycles. The van der Waals surface area contributed by atoms with Crippen LogP contribution in [0.15, 0.2) is 0 Å². The van der Waals surface area contributed by atoms with Crippen LogP contribution < -0.4 is 11.5 Å². The summed E-state index contributed by atoms with van der Waals surface area (Å²) in [6.07, 6.45) is -0.0828. The molecule has 0 spiro atoms. The zero-order chi connectivity index (χ0) is 17.6. The standard InChI is InChI=1S/C15H37N3O3Si/c1-7-18(9-8-13(20)12-19)10-11-22(6,15(4,5)17)21-14(2,3)16/h13,19-20H,7-12,16-17H2,1-6H3. The maximum absolute atomic E-state index is 9.48. The van der Waals surface area contributed by atoms with E-state index in [1.807, 2.05) is 27.7 Å². The van der Waals surface area contributed by atoms with E-state index < -0.39 is 25.3 Å². The lowest BCUT2D eigenvalue weighted by Crippen LogP contribution is -2.65. The van der Waals surface area contributed by atoms with Gasteiger partial charge in [-0.1, -0.05) is 6.92 Å². The van der Waals surface area contributed by atoms with Gasteiger partial charge in [-0.05, 0) is 59.8 Å². The second-order valence-corrected chi connectivity index (χ2v) is 11.9. The number of aliphatic hydroxyl groups is 2. The highest BCUT2D eigenvalue weighted by Crippen LogP contribution is 2.27. The van der Waals surface area contributed by atoms with Gasteiger partial charge in [-0.15, -0.1) is 0 Å². The Kier molecular flexibility index (Phi) is 8.71. The van der Waals surface area contributed by atoms with Crippen LogP contribution in [-0.4, -0.2) is 66.7 Å². The van der Waals surface area contributed by atoms with Gasteiger partial charge in [0.15, 0.2) is 0 Å². The molecule has 0 amide bonds. The van der Waals surface area contributed by atoms with Crippen molar-refractivity contribution < 1.29 is 14.6 Å². The van der Waals surface area contributed by atoms with Gasteiger partial charge in [-0.3, -0.25) is 0 Å². The van der Waals surface area contributed by atoms with Crippen molar-refractivity contribution in [1.82, 2.24) is 4.90 Å². The Morgan fingerprint density at radius 1 is 1.18 bits per heavy atom. The van der Waals surface area contributed by atoms with E-state index in [-0.39, 0.29) is 6.61 Å². The Bertz CT molecular complexity index is 318. The van der Waals surface area contributed by atoms with Crippen molar-refractivity contribution in [2.75, 3.05) is 26.2 Å². The van der Waals surface area contributed by atoms with Crippen LogP contribution in [0.5, 0.6) is 0 Å².